The minimum Gasteiger partial charge on any atom is -0.278 e. The third-order valence-electron chi connectivity index (χ3n) is 2.13. The molecule has 0 fully saturated rings. The van der Waals surface area contributed by atoms with Crippen LogP contribution in [0.5, 0.6) is 0 Å². The minimum absolute atomic E-state index is 0.0352. The van der Waals surface area contributed by atoms with Crippen molar-refractivity contribution in [1.82, 2.24) is 5.06 Å². The number of hydroxylamine groups is 2. The van der Waals surface area contributed by atoms with E-state index in [1.165, 1.54) is 12.1 Å². The fourth-order valence-corrected chi connectivity index (χ4v) is 1.19. The molecule has 1 rings (SSSR count). The van der Waals surface area contributed by atoms with Crippen LogP contribution in [0.25, 0.3) is 0 Å². The molecule has 0 bridgehead atoms. The number of nitrogens with zero attached hydrogens (tertiary/aromatic N) is 2. The van der Waals surface area contributed by atoms with Gasteiger partial charge in [0.25, 0.3) is 17.7 Å². The maximum atomic E-state index is 11.6. The van der Waals surface area contributed by atoms with Crippen LogP contribution in [-0.2, 0) is 9.59 Å². The van der Waals surface area contributed by atoms with Gasteiger partial charge in [-0.1, -0.05) is 18.2 Å². The normalized spacial score (nSPS) is 9.61. The summed E-state index contributed by atoms with van der Waals surface area (Å²) in [5, 5.41) is 11.9. The Morgan fingerprint density at radius 3 is 2.33 bits per heavy atom. The van der Waals surface area contributed by atoms with Gasteiger partial charge in [-0.15, -0.1) is 5.11 Å². The molecule has 0 saturated carbocycles. The van der Waals surface area contributed by atoms with E-state index < -0.39 is 17.7 Å². The van der Waals surface area contributed by atoms with Crippen molar-refractivity contribution in [3.05, 3.63) is 35.9 Å². The van der Waals surface area contributed by atoms with Crippen molar-refractivity contribution in [3.8, 4) is 0 Å². The molecule has 0 unspecified atom stereocenters. The quantitative estimate of drug-likeness (QED) is 0.477. The third-order valence-corrected chi connectivity index (χ3v) is 2.13. The fraction of sp³-hybridized carbons (Fsp3) is 0.182. The van der Waals surface area contributed by atoms with Crippen LogP contribution in [0.3, 0.4) is 0 Å². The molecule has 0 aromatic heterocycles. The second kappa shape index (κ2) is 6.36. The van der Waals surface area contributed by atoms with Crippen LogP contribution < -0.4 is 0 Å². The zero-order chi connectivity index (χ0) is 13.5. The summed E-state index contributed by atoms with van der Waals surface area (Å²) in [5.41, 5.74) is 6.56. The molecule has 0 aliphatic heterocycles. The van der Waals surface area contributed by atoms with Crippen LogP contribution in [0, 0.1) is 5.53 Å². The second-order valence-corrected chi connectivity index (χ2v) is 3.38. The highest BCUT2D eigenvalue weighted by atomic mass is 16.5. The van der Waals surface area contributed by atoms with E-state index in [4.69, 9.17) is 5.53 Å². The Bertz CT molecular complexity index is 472. The highest BCUT2D eigenvalue weighted by Crippen LogP contribution is 2.05. The Morgan fingerprint density at radius 1 is 1.17 bits per heavy atom. The van der Waals surface area contributed by atoms with Gasteiger partial charge in [-0.3, -0.25) is 19.6 Å². The number of hydrogen-bond donors (Lipinski definition) is 2. The van der Waals surface area contributed by atoms with E-state index in [1.807, 2.05) is 0 Å². The molecule has 0 aliphatic carbocycles. The summed E-state index contributed by atoms with van der Waals surface area (Å²) in [5.74, 6) is -2.57. The number of hydrogen-bond acceptors (Lipinski definition) is 5. The predicted molar refractivity (Wildman–Crippen MR) is 58.8 cm³/mol. The van der Waals surface area contributed by atoms with Crippen LogP contribution in [0.1, 0.15) is 23.2 Å². The highest BCUT2D eigenvalue weighted by Gasteiger charge is 2.21. The lowest BCUT2D eigenvalue weighted by Crippen LogP contribution is -2.33. The van der Waals surface area contributed by atoms with Gasteiger partial charge in [-0.25, -0.2) is 5.53 Å². The lowest BCUT2D eigenvalue weighted by molar-refractivity contribution is -0.154. The molecule has 7 heteroatoms. The molecular formula is C11H11N3O4. The molecule has 3 amide bonds. The summed E-state index contributed by atoms with van der Waals surface area (Å²) >= 11 is 0. The standard InChI is InChI=1S/C11H11N3O4/c12-13-9(15)6-7-10(16)14(18)11(17)8-4-2-1-3-5-8/h1-5,12,18H,6-7H2. The molecule has 2 N–H and O–H groups in total. The van der Waals surface area contributed by atoms with Crippen LogP contribution in [0.2, 0.25) is 0 Å². The Hall–Kier alpha value is -2.41. The summed E-state index contributed by atoms with van der Waals surface area (Å²) < 4.78 is 0. The van der Waals surface area contributed by atoms with Gasteiger partial charge >= 0.3 is 0 Å². The van der Waals surface area contributed by atoms with Crippen molar-refractivity contribution in [2.45, 2.75) is 12.8 Å². The molecule has 94 valence electrons. The van der Waals surface area contributed by atoms with E-state index in [2.05, 4.69) is 5.11 Å². The fourth-order valence-electron chi connectivity index (χ4n) is 1.19. The first-order valence-electron chi connectivity index (χ1n) is 5.07. The predicted octanol–water partition coefficient (Wildman–Crippen LogP) is 1.38. The van der Waals surface area contributed by atoms with Gasteiger partial charge in [0.15, 0.2) is 0 Å². The molecule has 1 aromatic rings. The third kappa shape index (κ3) is 3.56. The number of carbonyl (C=O) groups excluding carboxylic acids is 3. The van der Waals surface area contributed by atoms with Crippen molar-refractivity contribution in [2.24, 2.45) is 5.11 Å². The molecule has 18 heavy (non-hydrogen) atoms. The average molecular weight is 249 g/mol. The molecule has 0 heterocycles. The number of imide groups is 1. The van der Waals surface area contributed by atoms with Gasteiger partial charge < -0.3 is 0 Å². The Labute approximate surface area is 102 Å². The van der Waals surface area contributed by atoms with E-state index in [0.717, 1.165) is 0 Å². The van der Waals surface area contributed by atoms with Gasteiger partial charge in [-0.2, -0.15) is 5.06 Å². The number of carbonyl (C=O) groups is 3. The number of benzene rings is 1. The first-order chi connectivity index (χ1) is 8.56. The van der Waals surface area contributed by atoms with E-state index >= 15 is 0 Å². The maximum absolute atomic E-state index is 11.6. The SMILES string of the molecule is N=NC(=O)CCC(=O)N(O)C(=O)c1ccccc1. The van der Waals surface area contributed by atoms with Crippen molar-refractivity contribution < 1.29 is 19.6 Å². The van der Waals surface area contributed by atoms with E-state index in [1.54, 1.807) is 18.2 Å². The summed E-state index contributed by atoms with van der Waals surface area (Å²) in [6.07, 6.45) is -0.697. The monoisotopic (exact) mass is 249 g/mol. The van der Waals surface area contributed by atoms with Crippen molar-refractivity contribution in [2.75, 3.05) is 0 Å². The molecule has 0 radical (unpaired) electrons. The van der Waals surface area contributed by atoms with E-state index in [0.29, 0.717) is 0 Å². The summed E-state index contributed by atoms with van der Waals surface area (Å²) in [6, 6.07) is 7.77. The zero-order valence-corrected chi connectivity index (χ0v) is 9.37. The average Bonchev–Trinajstić information content (AvgIpc) is 2.43. The van der Waals surface area contributed by atoms with Gasteiger partial charge in [0, 0.05) is 18.4 Å². The van der Waals surface area contributed by atoms with Crippen LogP contribution >= 0.6 is 0 Å². The Kier molecular flexibility index (Phi) is 4.82. The van der Waals surface area contributed by atoms with Crippen LogP contribution in [0.15, 0.2) is 35.4 Å². The summed E-state index contributed by atoms with van der Waals surface area (Å²) in [6.45, 7) is 0. The molecule has 0 atom stereocenters. The molecule has 1 aromatic carbocycles. The first kappa shape index (κ1) is 13.7. The van der Waals surface area contributed by atoms with Gasteiger partial charge in [-0.05, 0) is 12.1 Å². The minimum atomic E-state index is -0.916. The van der Waals surface area contributed by atoms with E-state index in [9.17, 15) is 19.6 Å². The lowest BCUT2D eigenvalue weighted by atomic mass is 10.2. The van der Waals surface area contributed by atoms with Crippen molar-refractivity contribution in [3.63, 3.8) is 0 Å². The number of nitrogens with one attached hydrogen (secondary N) is 1. The number of amides is 3. The summed E-state index contributed by atoms with van der Waals surface area (Å²) in [4.78, 5) is 33.7. The van der Waals surface area contributed by atoms with Gasteiger partial charge in [0.05, 0.1) is 0 Å². The molecule has 7 nitrogen and oxygen atoms in total. The lowest BCUT2D eigenvalue weighted by Gasteiger charge is -2.12. The Morgan fingerprint density at radius 2 is 1.78 bits per heavy atom. The summed E-state index contributed by atoms with van der Waals surface area (Å²) in [7, 11) is 0. The van der Waals surface area contributed by atoms with Gasteiger partial charge in [0.1, 0.15) is 0 Å². The van der Waals surface area contributed by atoms with Crippen LogP contribution in [0.4, 0.5) is 0 Å². The Balaban J connectivity index is 2.61. The second-order valence-electron chi connectivity index (χ2n) is 3.38. The maximum Gasteiger partial charge on any atom is 0.284 e. The molecule has 0 aliphatic rings. The molecule has 0 spiro atoms. The van der Waals surface area contributed by atoms with Crippen molar-refractivity contribution >= 4 is 17.7 Å². The van der Waals surface area contributed by atoms with E-state index in [-0.39, 0.29) is 23.5 Å². The molecular weight excluding hydrogens is 238 g/mol. The first-order valence-corrected chi connectivity index (χ1v) is 5.07. The highest BCUT2D eigenvalue weighted by molar-refractivity contribution is 6.03. The zero-order valence-electron chi connectivity index (χ0n) is 9.37. The largest absolute Gasteiger partial charge is 0.284 e. The smallest absolute Gasteiger partial charge is 0.278 e. The van der Waals surface area contributed by atoms with Gasteiger partial charge in [0.2, 0.25) is 0 Å². The van der Waals surface area contributed by atoms with Crippen molar-refractivity contribution in [1.29, 1.82) is 5.53 Å². The molecule has 0 saturated heterocycles. The topological polar surface area (TPSA) is 111 Å². The number of rotatable bonds is 4. The van der Waals surface area contributed by atoms with Crippen LogP contribution in [-0.4, -0.2) is 28.0 Å².